The van der Waals surface area contributed by atoms with Crippen LogP contribution in [0.1, 0.15) is 10.5 Å². The first-order valence-corrected chi connectivity index (χ1v) is 6.24. The number of amides is 1. The Bertz CT molecular complexity index is 403. The Morgan fingerprint density at radius 3 is 3.00 bits per heavy atom. The molecule has 1 amide bonds. The second-order valence-corrected chi connectivity index (χ2v) is 4.86. The molecule has 2 rings (SSSR count). The smallest absolute Gasteiger partial charge is 0.273 e. The van der Waals surface area contributed by atoms with Gasteiger partial charge in [0.2, 0.25) is 0 Å². The lowest BCUT2D eigenvalue weighted by Gasteiger charge is -2.35. The van der Waals surface area contributed by atoms with Crippen molar-refractivity contribution >= 4 is 22.4 Å². The first-order valence-electron chi connectivity index (χ1n) is 5.36. The molecule has 1 fully saturated rings. The van der Waals surface area contributed by atoms with Crippen LogP contribution >= 0.6 is 11.3 Å². The third kappa shape index (κ3) is 2.56. The number of nitrogens with zero attached hydrogens (tertiary/aromatic N) is 3. The zero-order valence-electron chi connectivity index (χ0n) is 9.54. The quantitative estimate of drug-likeness (QED) is 0.752. The molecular weight excluding hydrogens is 242 g/mol. The number of hydrogen-bond donors (Lipinski definition) is 2. The Kier molecular flexibility index (Phi) is 3.60. The fourth-order valence-corrected chi connectivity index (χ4v) is 2.39. The van der Waals surface area contributed by atoms with Crippen molar-refractivity contribution in [2.75, 3.05) is 38.2 Å². The summed E-state index contributed by atoms with van der Waals surface area (Å²) in [5, 5.41) is 20.4. The molecule has 7 heteroatoms. The van der Waals surface area contributed by atoms with Crippen molar-refractivity contribution in [2.24, 2.45) is 0 Å². The lowest BCUT2D eigenvalue weighted by molar-refractivity contribution is 0.0762. The van der Waals surface area contributed by atoms with Crippen molar-refractivity contribution in [3.05, 3.63) is 11.1 Å². The number of aromatic nitrogens is 1. The minimum Gasteiger partial charge on any atom is -0.395 e. The normalized spacial score (nSPS) is 15.8. The minimum absolute atomic E-state index is 0.0580. The zero-order chi connectivity index (χ0) is 12.4. The number of rotatable bonds is 4. The second kappa shape index (κ2) is 4.99. The number of carbonyl (C=O) groups is 1. The number of aliphatic hydroxyl groups excluding tert-OH is 2. The SMILES string of the molecule is CN(CCO)C(=O)c1csc(N2CC(O)C2)n1. The van der Waals surface area contributed by atoms with E-state index in [1.54, 1.807) is 12.4 Å². The van der Waals surface area contributed by atoms with E-state index in [9.17, 15) is 9.90 Å². The summed E-state index contributed by atoms with van der Waals surface area (Å²) < 4.78 is 0. The summed E-state index contributed by atoms with van der Waals surface area (Å²) in [6.45, 7) is 1.40. The monoisotopic (exact) mass is 257 g/mol. The molecule has 1 aromatic heterocycles. The molecule has 94 valence electrons. The van der Waals surface area contributed by atoms with Crippen LogP contribution in [-0.4, -0.2) is 65.4 Å². The van der Waals surface area contributed by atoms with Gasteiger partial charge in [0.15, 0.2) is 5.13 Å². The summed E-state index contributed by atoms with van der Waals surface area (Å²) in [7, 11) is 1.63. The lowest BCUT2D eigenvalue weighted by Crippen LogP contribution is -2.50. The fourth-order valence-electron chi connectivity index (χ4n) is 1.57. The van der Waals surface area contributed by atoms with E-state index in [0.717, 1.165) is 5.13 Å². The molecule has 6 nitrogen and oxygen atoms in total. The highest BCUT2D eigenvalue weighted by atomic mass is 32.1. The molecule has 0 atom stereocenters. The van der Waals surface area contributed by atoms with Gasteiger partial charge in [0.1, 0.15) is 5.69 Å². The molecule has 0 saturated carbocycles. The van der Waals surface area contributed by atoms with Crippen LogP contribution in [0.3, 0.4) is 0 Å². The van der Waals surface area contributed by atoms with Gasteiger partial charge in [0.25, 0.3) is 5.91 Å². The third-order valence-corrected chi connectivity index (χ3v) is 3.53. The predicted molar refractivity (Wildman–Crippen MR) is 64.4 cm³/mol. The molecule has 1 aliphatic heterocycles. The fraction of sp³-hybridized carbons (Fsp3) is 0.600. The molecular formula is C10H15N3O3S. The van der Waals surface area contributed by atoms with Crippen LogP contribution in [0.25, 0.3) is 0 Å². The van der Waals surface area contributed by atoms with Crippen molar-refractivity contribution in [1.29, 1.82) is 0 Å². The second-order valence-electron chi connectivity index (χ2n) is 4.02. The summed E-state index contributed by atoms with van der Waals surface area (Å²) in [6.07, 6.45) is -0.282. The van der Waals surface area contributed by atoms with Crippen molar-refractivity contribution in [1.82, 2.24) is 9.88 Å². The van der Waals surface area contributed by atoms with Crippen LogP contribution in [0.5, 0.6) is 0 Å². The van der Waals surface area contributed by atoms with Crippen LogP contribution in [0.4, 0.5) is 5.13 Å². The Labute approximate surface area is 103 Å². The van der Waals surface area contributed by atoms with Gasteiger partial charge in [-0.25, -0.2) is 4.98 Å². The Morgan fingerprint density at radius 1 is 1.71 bits per heavy atom. The van der Waals surface area contributed by atoms with E-state index >= 15 is 0 Å². The van der Waals surface area contributed by atoms with Gasteiger partial charge in [-0.3, -0.25) is 4.79 Å². The maximum absolute atomic E-state index is 11.8. The molecule has 1 aromatic rings. The van der Waals surface area contributed by atoms with E-state index in [-0.39, 0.29) is 18.6 Å². The molecule has 1 saturated heterocycles. The van der Waals surface area contributed by atoms with E-state index < -0.39 is 0 Å². The largest absolute Gasteiger partial charge is 0.395 e. The standard InChI is InChI=1S/C10H15N3O3S/c1-12(2-3-14)9(16)8-6-17-10(11-8)13-4-7(15)5-13/h6-7,14-15H,2-5H2,1H3. The van der Waals surface area contributed by atoms with Gasteiger partial charge >= 0.3 is 0 Å². The zero-order valence-corrected chi connectivity index (χ0v) is 10.4. The first kappa shape index (κ1) is 12.3. The van der Waals surface area contributed by atoms with Gasteiger partial charge in [0.05, 0.1) is 12.7 Å². The minimum atomic E-state index is -0.282. The van der Waals surface area contributed by atoms with E-state index in [0.29, 0.717) is 25.3 Å². The van der Waals surface area contributed by atoms with Gasteiger partial charge in [-0.15, -0.1) is 11.3 Å². The number of β-amino-alcohol motifs (C(OH)–C–C–N with tert-alkyl or cyclic N) is 1. The van der Waals surface area contributed by atoms with E-state index in [1.165, 1.54) is 16.2 Å². The van der Waals surface area contributed by atoms with Gasteiger partial charge in [-0.2, -0.15) is 0 Å². The molecule has 1 aliphatic rings. The van der Waals surface area contributed by atoms with Gasteiger partial charge in [0, 0.05) is 32.1 Å². The number of likely N-dealkylation sites (N-methyl/N-ethyl adjacent to an activating group) is 1. The summed E-state index contributed by atoms with van der Waals surface area (Å²) in [4.78, 5) is 19.4. The molecule has 2 N–H and O–H groups in total. The van der Waals surface area contributed by atoms with Crippen molar-refractivity contribution in [2.45, 2.75) is 6.10 Å². The maximum Gasteiger partial charge on any atom is 0.273 e. The van der Waals surface area contributed by atoms with Gasteiger partial charge in [-0.05, 0) is 0 Å². The Morgan fingerprint density at radius 2 is 2.41 bits per heavy atom. The summed E-state index contributed by atoms with van der Waals surface area (Å²) in [6, 6.07) is 0. The van der Waals surface area contributed by atoms with Crippen LogP contribution in [0.15, 0.2) is 5.38 Å². The molecule has 0 bridgehead atoms. The average molecular weight is 257 g/mol. The highest BCUT2D eigenvalue weighted by Gasteiger charge is 2.27. The topological polar surface area (TPSA) is 76.9 Å². The van der Waals surface area contributed by atoms with Gasteiger partial charge in [-0.1, -0.05) is 0 Å². The maximum atomic E-state index is 11.8. The molecule has 0 spiro atoms. The number of carbonyl (C=O) groups excluding carboxylic acids is 1. The van der Waals surface area contributed by atoms with E-state index in [4.69, 9.17) is 5.11 Å². The molecule has 0 radical (unpaired) electrons. The summed E-state index contributed by atoms with van der Waals surface area (Å²) >= 11 is 1.39. The van der Waals surface area contributed by atoms with Crippen molar-refractivity contribution in [3.63, 3.8) is 0 Å². The molecule has 0 aliphatic carbocycles. The van der Waals surface area contributed by atoms with E-state index in [1.807, 2.05) is 4.90 Å². The van der Waals surface area contributed by atoms with Crippen LogP contribution in [0, 0.1) is 0 Å². The summed E-state index contributed by atoms with van der Waals surface area (Å²) in [5.74, 6) is -0.192. The first-order chi connectivity index (χ1) is 8.11. The van der Waals surface area contributed by atoms with Crippen molar-refractivity contribution in [3.8, 4) is 0 Å². The predicted octanol–water partition coefficient (Wildman–Crippen LogP) is -0.612. The number of anilines is 1. The van der Waals surface area contributed by atoms with Crippen LogP contribution < -0.4 is 4.90 Å². The Balaban J connectivity index is 2.00. The highest BCUT2D eigenvalue weighted by Crippen LogP contribution is 2.25. The average Bonchev–Trinajstić information content (AvgIpc) is 2.73. The number of thiazole rings is 1. The number of aliphatic hydroxyl groups is 2. The Hall–Kier alpha value is -1.18. The van der Waals surface area contributed by atoms with Crippen molar-refractivity contribution < 1.29 is 15.0 Å². The number of hydrogen-bond acceptors (Lipinski definition) is 6. The van der Waals surface area contributed by atoms with E-state index in [2.05, 4.69) is 4.98 Å². The van der Waals surface area contributed by atoms with Crippen LogP contribution in [-0.2, 0) is 0 Å². The van der Waals surface area contributed by atoms with Gasteiger partial charge < -0.3 is 20.0 Å². The molecule has 17 heavy (non-hydrogen) atoms. The molecule has 0 aromatic carbocycles. The third-order valence-electron chi connectivity index (χ3n) is 2.63. The van der Waals surface area contributed by atoms with Crippen LogP contribution in [0.2, 0.25) is 0 Å². The molecule has 0 unspecified atom stereocenters. The molecule has 2 heterocycles. The summed E-state index contributed by atoms with van der Waals surface area (Å²) in [5.41, 5.74) is 0.391. The highest BCUT2D eigenvalue weighted by molar-refractivity contribution is 7.14. The lowest BCUT2D eigenvalue weighted by atomic mass is 10.2.